The summed E-state index contributed by atoms with van der Waals surface area (Å²) in [4.78, 5) is 37.9. The van der Waals surface area contributed by atoms with Crippen LogP contribution in [-0.2, 0) is 11.2 Å². The smallest absolute Gasteiger partial charge is 0.326 e. The van der Waals surface area contributed by atoms with E-state index in [0.29, 0.717) is 19.5 Å². The summed E-state index contributed by atoms with van der Waals surface area (Å²) in [6, 6.07) is 15.9. The van der Waals surface area contributed by atoms with Crippen molar-refractivity contribution < 1.29 is 9.53 Å². The fourth-order valence-corrected chi connectivity index (χ4v) is 6.50. The number of amides is 1. The largest absolute Gasteiger partial charge is 0.497 e. The van der Waals surface area contributed by atoms with Gasteiger partial charge in [-0.1, -0.05) is 24.3 Å². The minimum Gasteiger partial charge on any atom is -0.497 e. The monoisotopic (exact) mass is 532 g/mol. The Balaban J connectivity index is 1.02. The lowest BCUT2D eigenvalue weighted by Crippen LogP contribution is -2.46. The van der Waals surface area contributed by atoms with Crippen LogP contribution in [0.5, 0.6) is 5.75 Å². The zero-order valence-corrected chi connectivity index (χ0v) is 22.3. The number of piperidine rings is 2. The van der Waals surface area contributed by atoms with Crippen molar-refractivity contribution >= 4 is 33.6 Å². The predicted octanol–water partition coefficient (Wildman–Crippen LogP) is 3.86. The summed E-state index contributed by atoms with van der Waals surface area (Å²) < 4.78 is 11.8. The maximum Gasteiger partial charge on any atom is 0.326 e. The second-order valence-electron chi connectivity index (χ2n) is 10.2. The molecule has 4 heterocycles. The number of H-pyrrole nitrogens is 1. The van der Waals surface area contributed by atoms with Gasteiger partial charge in [-0.25, -0.2) is 9.78 Å². The Bertz CT molecular complexity index is 1480. The van der Waals surface area contributed by atoms with E-state index >= 15 is 0 Å². The highest BCUT2D eigenvalue weighted by Gasteiger charge is 2.32. The highest BCUT2D eigenvalue weighted by molar-refractivity contribution is 7.09. The number of methoxy groups -OCH3 is 1. The maximum atomic E-state index is 13.3. The third kappa shape index (κ3) is 4.92. The zero-order chi connectivity index (χ0) is 26.1. The number of nitrogens with one attached hydrogen (secondary N) is 1. The van der Waals surface area contributed by atoms with E-state index in [4.69, 9.17) is 9.72 Å². The Morgan fingerprint density at radius 3 is 2.63 bits per heavy atom. The van der Waals surface area contributed by atoms with E-state index in [9.17, 15) is 9.59 Å². The molecule has 6 rings (SSSR count). The van der Waals surface area contributed by atoms with Crippen molar-refractivity contribution in [3.05, 3.63) is 70.4 Å². The molecule has 0 aliphatic carbocycles. The van der Waals surface area contributed by atoms with Gasteiger partial charge in [-0.15, -0.1) is 0 Å². The van der Waals surface area contributed by atoms with Crippen molar-refractivity contribution in [2.24, 2.45) is 5.92 Å². The number of carbonyl (C=O) groups is 1. The van der Waals surface area contributed by atoms with Crippen molar-refractivity contribution in [1.82, 2.24) is 23.8 Å². The number of imidazole rings is 1. The van der Waals surface area contributed by atoms with Gasteiger partial charge in [-0.05, 0) is 55.5 Å². The minimum absolute atomic E-state index is 0.0442. The molecule has 2 fully saturated rings. The quantitative estimate of drug-likeness (QED) is 0.405. The molecule has 1 amide bonds. The van der Waals surface area contributed by atoms with Crippen molar-refractivity contribution in [3.63, 3.8) is 0 Å². The molecule has 1 N–H and O–H groups in total. The number of aromatic nitrogens is 4. The molecule has 0 unspecified atom stereocenters. The standard InChI is InChI=1S/C28H32N6O3S/c1-37-22-6-4-5-19(17-22)18-25-30-28(38-31-25)33-13-9-20(10-14-33)26(35)32-15-11-21(12-16-32)34-24-8-3-2-7-23(24)29-27(34)36/h2-8,17,20-21H,9-16,18H2,1H3,(H,29,36). The normalized spacial score (nSPS) is 17.3. The lowest BCUT2D eigenvalue weighted by atomic mass is 9.94. The first-order valence-electron chi connectivity index (χ1n) is 13.3. The number of nitrogens with zero attached hydrogens (tertiary/aromatic N) is 5. The lowest BCUT2D eigenvalue weighted by molar-refractivity contribution is -0.137. The minimum atomic E-state index is -0.0633. The molecule has 0 radical (unpaired) electrons. The molecule has 4 aromatic rings. The summed E-state index contributed by atoms with van der Waals surface area (Å²) in [5.74, 6) is 1.95. The molecule has 2 saturated heterocycles. The van der Waals surface area contributed by atoms with Gasteiger partial charge >= 0.3 is 5.69 Å². The maximum absolute atomic E-state index is 13.3. The molecule has 0 bridgehead atoms. The average Bonchev–Trinajstić information content (AvgIpc) is 3.56. The summed E-state index contributed by atoms with van der Waals surface area (Å²) in [5.41, 5.74) is 2.87. The molecular formula is C28H32N6O3S. The SMILES string of the molecule is COc1cccc(Cc2nsc(N3CCC(C(=O)N4CCC(n5c(=O)[nH]c6ccccc65)CC4)CC3)n2)c1. The van der Waals surface area contributed by atoms with E-state index in [1.807, 2.05) is 51.9 Å². The van der Waals surface area contributed by atoms with Crippen LogP contribution < -0.4 is 15.3 Å². The number of fused-ring (bicyclic) bond motifs is 1. The van der Waals surface area contributed by atoms with Gasteiger partial charge < -0.3 is 19.5 Å². The third-order valence-electron chi connectivity index (χ3n) is 7.83. The Morgan fingerprint density at radius 1 is 1.05 bits per heavy atom. The van der Waals surface area contributed by atoms with Crippen LogP contribution in [0.4, 0.5) is 5.13 Å². The summed E-state index contributed by atoms with van der Waals surface area (Å²) in [5, 5.41) is 0.929. The lowest BCUT2D eigenvalue weighted by Gasteiger charge is -2.37. The number of hydrogen-bond donors (Lipinski definition) is 1. The van der Waals surface area contributed by atoms with Crippen LogP contribution >= 0.6 is 11.5 Å². The number of ether oxygens (including phenoxy) is 1. The van der Waals surface area contributed by atoms with E-state index in [-0.39, 0.29) is 23.6 Å². The van der Waals surface area contributed by atoms with Gasteiger partial charge in [-0.2, -0.15) is 4.37 Å². The number of aromatic amines is 1. The van der Waals surface area contributed by atoms with E-state index < -0.39 is 0 Å². The number of benzene rings is 2. The van der Waals surface area contributed by atoms with Gasteiger partial charge in [0.25, 0.3) is 0 Å². The van der Waals surface area contributed by atoms with Crippen molar-refractivity contribution in [1.29, 1.82) is 0 Å². The van der Waals surface area contributed by atoms with Crippen LogP contribution in [-0.4, -0.2) is 63.0 Å². The van der Waals surface area contributed by atoms with Gasteiger partial charge in [0.05, 0.1) is 18.1 Å². The number of anilines is 1. The molecule has 38 heavy (non-hydrogen) atoms. The van der Waals surface area contributed by atoms with E-state index in [2.05, 4.69) is 20.3 Å². The predicted molar refractivity (Wildman–Crippen MR) is 148 cm³/mol. The molecule has 0 saturated carbocycles. The van der Waals surface area contributed by atoms with Gasteiger partial charge in [-0.3, -0.25) is 9.36 Å². The fraction of sp³-hybridized carbons (Fsp3) is 0.429. The number of rotatable bonds is 6. The van der Waals surface area contributed by atoms with Gasteiger partial charge in [0.15, 0.2) is 0 Å². The van der Waals surface area contributed by atoms with Crippen LogP contribution in [0.2, 0.25) is 0 Å². The van der Waals surface area contributed by atoms with Crippen LogP contribution in [0.3, 0.4) is 0 Å². The molecule has 198 valence electrons. The van der Waals surface area contributed by atoms with E-state index in [1.165, 1.54) is 11.5 Å². The van der Waals surface area contributed by atoms with Crippen LogP contribution in [0.25, 0.3) is 11.0 Å². The molecule has 2 aliphatic rings. The van der Waals surface area contributed by atoms with Crippen molar-refractivity contribution in [2.45, 2.75) is 38.1 Å². The second kappa shape index (κ2) is 10.6. The number of carbonyl (C=O) groups excluding carboxylic acids is 1. The average molecular weight is 533 g/mol. The van der Waals surface area contributed by atoms with E-state index in [1.54, 1.807) is 7.11 Å². The zero-order valence-electron chi connectivity index (χ0n) is 21.5. The topological polar surface area (TPSA) is 96.4 Å². The first-order chi connectivity index (χ1) is 18.6. The molecule has 2 aliphatic heterocycles. The Morgan fingerprint density at radius 2 is 1.84 bits per heavy atom. The Kier molecular flexibility index (Phi) is 6.88. The fourth-order valence-electron chi connectivity index (χ4n) is 5.77. The molecule has 10 heteroatoms. The van der Waals surface area contributed by atoms with E-state index in [0.717, 1.165) is 72.1 Å². The van der Waals surface area contributed by atoms with Crippen molar-refractivity contribution in [3.8, 4) is 5.75 Å². The summed E-state index contributed by atoms with van der Waals surface area (Å²) in [6.45, 7) is 3.01. The molecule has 0 atom stereocenters. The van der Waals surface area contributed by atoms with Crippen LogP contribution in [0.15, 0.2) is 53.3 Å². The second-order valence-corrected chi connectivity index (χ2v) is 10.9. The number of hydrogen-bond acceptors (Lipinski definition) is 7. The van der Waals surface area contributed by atoms with Gasteiger partial charge in [0.1, 0.15) is 11.6 Å². The third-order valence-corrected chi connectivity index (χ3v) is 8.65. The summed E-state index contributed by atoms with van der Waals surface area (Å²) in [7, 11) is 1.67. The first kappa shape index (κ1) is 24.7. The number of para-hydroxylation sites is 2. The molecule has 9 nitrogen and oxygen atoms in total. The van der Waals surface area contributed by atoms with Crippen molar-refractivity contribution in [2.75, 3.05) is 38.2 Å². The molecular weight excluding hydrogens is 500 g/mol. The highest BCUT2D eigenvalue weighted by atomic mass is 32.1. The Labute approximate surface area is 225 Å². The number of likely N-dealkylation sites (tertiary alicyclic amines) is 1. The first-order valence-corrected chi connectivity index (χ1v) is 14.0. The highest BCUT2D eigenvalue weighted by Crippen LogP contribution is 2.30. The molecule has 2 aromatic heterocycles. The van der Waals surface area contributed by atoms with Gasteiger partial charge in [0, 0.05) is 56.1 Å². The molecule has 2 aromatic carbocycles. The van der Waals surface area contributed by atoms with Crippen LogP contribution in [0, 0.1) is 5.92 Å². The molecule has 0 spiro atoms. The van der Waals surface area contributed by atoms with Crippen LogP contribution in [0.1, 0.15) is 43.1 Å². The summed E-state index contributed by atoms with van der Waals surface area (Å²) in [6.07, 6.45) is 3.92. The summed E-state index contributed by atoms with van der Waals surface area (Å²) >= 11 is 1.43. The Hall–Kier alpha value is -3.66. The van der Waals surface area contributed by atoms with Gasteiger partial charge in [0.2, 0.25) is 11.0 Å².